The Kier molecular flexibility index (Phi) is 7.17. The highest BCUT2D eigenvalue weighted by molar-refractivity contribution is 5.49. The topological polar surface area (TPSA) is 46.6 Å². The van der Waals surface area contributed by atoms with Gasteiger partial charge in [-0.2, -0.15) is 0 Å². The van der Waals surface area contributed by atoms with Crippen molar-refractivity contribution < 1.29 is 18.3 Å². The number of methoxy groups -OCH3 is 2. The highest BCUT2D eigenvalue weighted by Crippen LogP contribution is 2.22. The quantitative estimate of drug-likeness (QED) is 0.703. The molecule has 5 nitrogen and oxygen atoms in total. The Hall–Kier alpha value is -1.47. The largest absolute Gasteiger partial charge is 0.385 e. The molecule has 0 bridgehead atoms. The van der Waals surface area contributed by atoms with Crippen molar-refractivity contribution in [1.82, 2.24) is 4.98 Å². The number of anilines is 2. The second-order valence-electron chi connectivity index (χ2n) is 4.20. The molecular formula is C13H21F2N3O2. The van der Waals surface area contributed by atoms with Crippen molar-refractivity contribution >= 4 is 11.6 Å². The molecule has 0 fully saturated rings. The first kappa shape index (κ1) is 16.6. The van der Waals surface area contributed by atoms with Crippen LogP contribution in [0, 0.1) is 11.6 Å². The van der Waals surface area contributed by atoms with E-state index in [1.807, 2.05) is 0 Å². The van der Waals surface area contributed by atoms with Crippen LogP contribution in [0.5, 0.6) is 0 Å². The number of ether oxygens (including phenoxy) is 2. The van der Waals surface area contributed by atoms with Crippen LogP contribution in [0.25, 0.3) is 0 Å². The third kappa shape index (κ3) is 4.57. The molecule has 1 N–H and O–H groups in total. The van der Waals surface area contributed by atoms with E-state index in [0.717, 1.165) is 6.07 Å². The minimum Gasteiger partial charge on any atom is -0.385 e. The second-order valence-corrected chi connectivity index (χ2v) is 4.20. The predicted octanol–water partition coefficient (Wildman–Crippen LogP) is 1.89. The van der Waals surface area contributed by atoms with Crippen LogP contribution in [-0.2, 0) is 9.47 Å². The molecule has 114 valence electrons. The molecule has 20 heavy (non-hydrogen) atoms. The number of hydrogen-bond donors (Lipinski definition) is 1. The van der Waals surface area contributed by atoms with E-state index >= 15 is 0 Å². The van der Waals surface area contributed by atoms with E-state index in [9.17, 15) is 8.78 Å². The number of nitrogens with one attached hydrogen (secondary N) is 1. The second kappa shape index (κ2) is 8.65. The minimum absolute atomic E-state index is 0.0237. The third-order valence-electron chi connectivity index (χ3n) is 2.79. The van der Waals surface area contributed by atoms with E-state index in [4.69, 9.17) is 9.47 Å². The number of pyridine rings is 1. The van der Waals surface area contributed by atoms with Crippen molar-refractivity contribution in [2.24, 2.45) is 0 Å². The molecule has 0 aliphatic carbocycles. The normalized spacial score (nSPS) is 10.7. The molecule has 1 aromatic heterocycles. The Labute approximate surface area is 117 Å². The molecule has 7 heteroatoms. The molecular weight excluding hydrogens is 268 g/mol. The van der Waals surface area contributed by atoms with E-state index < -0.39 is 11.6 Å². The predicted molar refractivity (Wildman–Crippen MR) is 74.3 cm³/mol. The van der Waals surface area contributed by atoms with Gasteiger partial charge in [-0.05, 0) is 6.42 Å². The monoisotopic (exact) mass is 289 g/mol. The van der Waals surface area contributed by atoms with Crippen molar-refractivity contribution in [2.45, 2.75) is 6.42 Å². The van der Waals surface area contributed by atoms with Crippen molar-refractivity contribution in [2.75, 3.05) is 57.8 Å². The minimum atomic E-state index is -0.711. The maximum Gasteiger partial charge on any atom is 0.168 e. The SMILES string of the molecule is CNc1nc(N(CCCOC)CCOC)c(F)cc1F. The Morgan fingerprint density at radius 1 is 1.15 bits per heavy atom. The van der Waals surface area contributed by atoms with Crippen LogP contribution in [0.1, 0.15) is 6.42 Å². The van der Waals surface area contributed by atoms with Gasteiger partial charge in [-0.1, -0.05) is 0 Å². The first-order valence-corrected chi connectivity index (χ1v) is 6.40. The third-order valence-corrected chi connectivity index (χ3v) is 2.79. The highest BCUT2D eigenvalue weighted by atomic mass is 19.1. The Bertz CT molecular complexity index is 419. The van der Waals surface area contributed by atoms with Crippen molar-refractivity contribution in [3.8, 4) is 0 Å². The first-order chi connectivity index (χ1) is 9.63. The molecule has 0 aromatic carbocycles. The molecule has 0 saturated heterocycles. The van der Waals surface area contributed by atoms with Gasteiger partial charge in [0.1, 0.15) is 0 Å². The van der Waals surface area contributed by atoms with E-state index in [2.05, 4.69) is 10.3 Å². The van der Waals surface area contributed by atoms with Gasteiger partial charge < -0.3 is 19.7 Å². The van der Waals surface area contributed by atoms with Gasteiger partial charge in [-0.15, -0.1) is 0 Å². The zero-order chi connectivity index (χ0) is 15.0. The molecule has 0 aliphatic rings. The molecule has 0 aliphatic heterocycles. The van der Waals surface area contributed by atoms with Crippen molar-refractivity contribution in [3.05, 3.63) is 17.7 Å². The zero-order valence-electron chi connectivity index (χ0n) is 12.1. The van der Waals surface area contributed by atoms with Gasteiger partial charge in [-0.3, -0.25) is 0 Å². The van der Waals surface area contributed by atoms with E-state index in [1.54, 1.807) is 19.1 Å². The standard InChI is InChI=1S/C13H21F2N3O2/c1-16-12-10(14)9-11(15)13(17-12)18(6-8-20-3)5-4-7-19-2/h9H,4-8H2,1-3H3,(H,16,17). The van der Waals surface area contributed by atoms with E-state index in [-0.39, 0.29) is 11.6 Å². The van der Waals surface area contributed by atoms with E-state index in [1.165, 1.54) is 7.05 Å². The average molecular weight is 289 g/mol. The van der Waals surface area contributed by atoms with Gasteiger partial charge >= 0.3 is 0 Å². The summed E-state index contributed by atoms with van der Waals surface area (Å²) in [4.78, 5) is 5.71. The summed E-state index contributed by atoms with van der Waals surface area (Å²) in [6.45, 7) is 2.01. The Balaban J connectivity index is 2.92. The molecule has 0 saturated carbocycles. The molecule has 1 heterocycles. The fourth-order valence-corrected chi connectivity index (χ4v) is 1.78. The fraction of sp³-hybridized carbons (Fsp3) is 0.615. The van der Waals surface area contributed by atoms with Crippen LogP contribution in [0.2, 0.25) is 0 Å². The van der Waals surface area contributed by atoms with Crippen LogP contribution in [0.3, 0.4) is 0 Å². The van der Waals surface area contributed by atoms with Crippen LogP contribution in [0.15, 0.2) is 6.07 Å². The summed E-state index contributed by atoms with van der Waals surface area (Å²) in [5.74, 6) is -1.26. The smallest absolute Gasteiger partial charge is 0.168 e. The van der Waals surface area contributed by atoms with Crippen molar-refractivity contribution in [1.29, 1.82) is 0 Å². The summed E-state index contributed by atoms with van der Waals surface area (Å²) in [5.41, 5.74) is 0. The van der Waals surface area contributed by atoms with Gasteiger partial charge in [0.15, 0.2) is 23.3 Å². The maximum absolute atomic E-state index is 13.9. The summed E-state index contributed by atoms with van der Waals surface area (Å²) >= 11 is 0. The summed E-state index contributed by atoms with van der Waals surface area (Å²) in [6, 6.07) is 0.838. The zero-order valence-corrected chi connectivity index (χ0v) is 12.1. The van der Waals surface area contributed by atoms with Crippen molar-refractivity contribution in [3.63, 3.8) is 0 Å². The van der Waals surface area contributed by atoms with Crippen LogP contribution in [0.4, 0.5) is 20.4 Å². The molecule has 0 amide bonds. The molecule has 0 atom stereocenters. The lowest BCUT2D eigenvalue weighted by Gasteiger charge is -2.24. The molecule has 1 aromatic rings. The lowest BCUT2D eigenvalue weighted by molar-refractivity contribution is 0.190. The van der Waals surface area contributed by atoms with E-state index in [0.29, 0.717) is 32.7 Å². The number of rotatable bonds is 9. The van der Waals surface area contributed by atoms with Gasteiger partial charge in [0.25, 0.3) is 0 Å². The van der Waals surface area contributed by atoms with Gasteiger partial charge in [-0.25, -0.2) is 13.8 Å². The van der Waals surface area contributed by atoms with Gasteiger partial charge in [0, 0.05) is 47.0 Å². The summed E-state index contributed by atoms with van der Waals surface area (Å²) in [6.07, 6.45) is 0.716. The van der Waals surface area contributed by atoms with Crippen LogP contribution in [-0.4, -0.2) is 52.6 Å². The highest BCUT2D eigenvalue weighted by Gasteiger charge is 2.17. The first-order valence-electron chi connectivity index (χ1n) is 6.40. The van der Waals surface area contributed by atoms with Crippen LogP contribution >= 0.6 is 0 Å². The molecule has 1 rings (SSSR count). The molecule has 0 radical (unpaired) electrons. The van der Waals surface area contributed by atoms with Gasteiger partial charge in [0.2, 0.25) is 0 Å². The lowest BCUT2D eigenvalue weighted by Crippen LogP contribution is -2.31. The number of nitrogens with zero attached hydrogens (tertiary/aromatic N) is 2. The van der Waals surface area contributed by atoms with Crippen LogP contribution < -0.4 is 10.2 Å². The number of halogens is 2. The molecule has 0 spiro atoms. The summed E-state index contributed by atoms with van der Waals surface area (Å²) in [5, 5.41) is 2.61. The average Bonchev–Trinajstić information content (AvgIpc) is 2.43. The summed E-state index contributed by atoms with van der Waals surface area (Å²) < 4.78 is 37.3. The summed E-state index contributed by atoms with van der Waals surface area (Å²) in [7, 11) is 4.72. The Morgan fingerprint density at radius 2 is 1.85 bits per heavy atom. The van der Waals surface area contributed by atoms with Gasteiger partial charge in [0.05, 0.1) is 6.61 Å². The molecule has 0 unspecified atom stereocenters. The lowest BCUT2D eigenvalue weighted by atomic mass is 10.3. The maximum atomic E-state index is 13.9. The number of hydrogen-bond acceptors (Lipinski definition) is 5. The number of aromatic nitrogens is 1. The fourth-order valence-electron chi connectivity index (χ4n) is 1.78. The Morgan fingerprint density at radius 3 is 2.45 bits per heavy atom.